The number of rotatable bonds is 5. The number of aromatic nitrogens is 3. The van der Waals surface area contributed by atoms with E-state index in [0.717, 1.165) is 29.8 Å². The van der Waals surface area contributed by atoms with Crippen molar-refractivity contribution in [2.24, 2.45) is 0 Å². The maximum Gasteiger partial charge on any atom is 0.243 e. The zero-order chi connectivity index (χ0) is 19.0. The van der Waals surface area contributed by atoms with E-state index in [-0.39, 0.29) is 10.9 Å². The fourth-order valence-corrected chi connectivity index (χ4v) is 4.83. The van der Waals surface area contributed by atoms with Gasteiger partial charge in [0.15, 0.2) is 0 Å². The van der Waals surface area contributed by atoms with Crippen LogP contribution in [0.15, 0.2) is 47.8 Å². The molecule has 1 saturated heterocycles. The predicted molar refractivity (Wildman–Crippen MR) is 102 cm³/mol. The van der Waals surface area contributed by atoms with Crippen LogP contribution in [0.2, 0.25) is 0 Å². The third kappa shape index (κ3) is 3.13. The summed E-state index contributed by atoms with van der Waals surface area (Å²) >= 11 is 0. The molecule has 1 aliphatic heterocycles. The Morgan fingerprint density at radius 3 is 2.74 bits per heavy atom. The second kappa shape index (κ2) is 6.82. The predicted octanol–water partition coefficient (Wildman–Crippen LogP) is 1.87. The Morgan fingerprint density at radius 2 is 2.00 bits per heavy atom. The first-order valence-electron chi connectivity index (χ1n) is 8.66. The van der Waals surface area contributed by atoms with E-state index < -0.39 is 10.0 Å². The van der Waals surface area contributed by atoms with E-state index in [0.29, 0.717) is 12.3 Å². The number of sulfonamides is 1. The monoisotopic (exact) mass is 387 g/mol. The highest BCUT2D eigenvalue weighted by Crippen LogP contribution is 2.29. The summed E-state index contributed by atoms with van der Waals surface area (Å²) in [5, 5.41) is 0.943. The Hall–Kier alpha value is -2.65. The Kier molecular flexibility index (Phi) is 4.48. The molecule has 1 unspecified atom stereocenters. The first kappa shape index (κ1) is 17.7. The normalized spacial score (nSPS) is 17.7. The quantitative estimate of drug-likeness (QED) is 0.719. The molecular formula is C18H21N5O3S. The molecule has 0 bridgehead atoms. The first-order valence-corrected chi connectivity index (χ1v) is 10.1. The van der Waals surface area contributed by atoms with E-state index in [9.17, 15) is 8.42 Å². The zero-order valence-corrected chi connectivity index (χ0v) is 16.0. The second-order valence-corrected chi connectivity index (χ2v) is 8.52. The zero-order valence-electron chi connectivity index (χ0n) is 15.2. The molecule has 0 saturated carbocycles. The van der Waals surface area contributed by atoms with E-state index in [4.69, 9.17) is 4.74 Å². The fourth-order valence-electron chi connectivity index (χ4n) is 3.45. The SMILES string of the molecule is COc1ccc(S(=O)(=O)N(C)C2CCN(c3ncnc4[nH]ccc34)C2)cc1. The third-order valence-corrected chi connectivity index (χ3v) is 6.97. The van der Waals surface area contributed by atoms with Crippen molar-refractivity contribution >= 4 is 26.9 Å². The molecule has 1 fully saturated rings. The second-order valence-electron chi connectivity index (χ2n) is 6.52. The van der Waals surface area contributed by atoms with Gasteiger partial charge in [0.1, 0.15) is 23.5 Å². The molecule has 0 amide bonds. The molecule has 8 nitrogen and oxygen atoms in total. The summed E-state index contributed by atoms with van der Waals surface area (Å²) in [5.74, 6) is 1.46. The van der Waals surface area contributed by atoms with Gasteiger partial charge in [-0.25, -0.2) is 18.4 Å². The Labute approximate surface area is 157 Å². The number of hydrogen-bond donors (Lipinski definition) is 1. The molecule has 0 spiro atoms. The minimum Gasteiger partial charge on any atom is -0.497 e. The van der Waals surface area contributed by atoms with E-state index in [1.165, 1.54) is 10.6 Å². The minimum atomic E-state index is -3.57. The van der Waals surface area contributed by atoms with Crippen molar-refractivity contribution in [3.63, 3.8) is 0 Å². The van der Waals surface area contributed by atoms with Gasteiger partial charge in [0.05, 0.1) is 17.4 Å². The standard InChI is InChI=1S/C18H21N5O3S/c1-22(27(24,25)15-5-3-14(26-2)4-6-15)13-8-10-23(11-13)18-16-7-9-19-17(16)20-12-21-18/h3-7,9,12-13H,8,10-11H2,1-2H3,(H,19,20,21). The molecule has 142 valence electrons. The number of methoxy groups -OCH3 is 1. The summed E-state index contributed by atoms with van der Waals surface area (Å²) in [6.45, 7) is 1.33. The van der Waals surface area contributed by atoms with Gasteiger partial charge in [-0.3, -0.25) is 0 Å². The van der Waals surface area contributed by atoms with Crippen molar-refractivity contribution in [2.45, 2.75) is 17.4 Å². The van der Waals surface area contributed by atoms with Crippen LogP contribution in [0.25, 0.3) is 11.0 Å². The molecule has 0 aliphatic carbocycles. The van der Waals surface area contributed by atoms with Crippen molar-refractivity contribution in [1.82, 2.24) is 19.3 Å². The maximum atomic E-state index is 13.0. The number of aromatic amines is 1. The summed E-state index contributed by atoms with van der Waals surface area (Å²) in [4.78, 5) is 14.1. The lowest BCUT2D eigenvalue weighted by Gasteiger charge is -2.25. The van der Waals surface area contributed by atoms with Crippen LogP contribution < -0.4 is 9.64 Å². The number of nitrogens with zero attached hydrogens (tertiary/aromatic N) is 4. The summed E-state index contributed by atoms with van der Waals surface area (Å²) < 4.78 is 32.5. The van der Waals surface area contributed by atoms with Gasteiger partial charge in [0.2, 0.25) is 10.0 Å². The number of H-pyrrole nitrogens is 1. The Morgan fingerprint density at radius 1 is 1.22 bits per heavy atom. The highest BCUT2D eigenvalue weighted by Gasteiger charge is 2.34. The molecule has 0 radical (unpaired) electrons. The van der Waals surface area contributed by atoms with Gasteiger partial charge in [-0.05, 0) is 36.8 Å². The average Bonchev–Trinajstić information content (AvgIpc) is 3.36. The smallest absolute Gasteiger partial charge is 0.243 e. The molecule has 1 aliphatic rings. The molecule has 1 N–H and O–H groups in total. The van der Waals surface area contributed by atoms with Crippen LogP contribution >= 0.6 is 0 Å². The molecule has 3 heterocycles. The molecule has 9 heteroatoms. The Balaban J connectivity index is 1.55. The number of hydrogen-bond acceptors (Lipinski definition) is 6. The van der Waals surface area contributed by atoms with Gasteiger partial charge in [-0.1, -0.05) is 0 Å². The lowest BCUT2D eigenvalue weighted by molar-refractivity contribution is 0.389. The molecular weight excluding hydrogens is 366 g/mol. The summed E-state index contributed by atoms with van der Waals surface area (Å²) in [5.41, 5.74) is 0.780. The van der Waals surface area contributed by atoms with Crippen LogP contribution in [0.1, 0.15) is 6.42 Å². The third-order valence-electron chi connectivity index (χ3n) is 5.05. The van der Waals surface area contributed by atoms with Crippen LogP contribution in [-0.4, -0.2) is 61.0 Å². The number of fused-ring (bicyclic) bond motifs is 1. The fraction of sp³-hybridized carbons (Fsp3) is 0.333. The molecule has 1 aromatic carbocycles. The number of anilines is 1. The number of nitrogens with one attached hydrogen (secondary N) is 1. The van der Waals surface area contributed by atoms with Crippen molar-refractivity contribution in [3.05, 3.63) is 42.9 Å². The van der Waals surface area contributed by atoms with Crippen LogP contribution in [0.3, 0.4) is 0 Å². The minimum absolute atomic E-state index is 0.124. The van der Waals surface area contributed by atoms with E-state index in [1.54, 1.807) is 38.4 Å². The largest absolute Gasteiger partial charge is 0.497 e. The van der Waals surface area contributed by atoms with E-state index in [1.807, 2.05) is 12.3 Å². The average molecular weight is 387 g/mol. The van der Waals surface area contributed by atoms with Crippen LogP contribution in [0, 0.1) is 0 Å². The van der Waals surface area contributed by atoms with Gasteiger partial charge >= 0.3 is 0 Å². The number of ether oxygens (including phenoxy) is 1. The summed E-state index contributed by atoms with van der Waals surface area (Å²) in [6.07, 6.45) is 4.10. The number of likely N-dealkylation sites (N-methyl/N-ethyl adjacent to an activating group) is 1. The van der Waals surface area contributed by atoms with E-state index in [2.05, 4.69) is 19.9 Å². The van der Waals surface area contributed by atoms with Gasteiger partial charge in [0.25, 0.3) is 0 Å². The van der Waals surface area contributed by atoms with Crippen molar-refractivity contribution in [1.29, 1.82) is 0 Å². The van der Waals surface area contributed by atoms with E-state index >= 15 is 0 Å². The Bertz CT molecular complexity index is 1050. The van der Waals surface area contributed by atoms with Crippen molar-refractivity contribution in [2.75, 3.05) is 32.1 Å². The van der Waals surface area contributed by atoms with Crippen molar-refractivity contribution < 1.29 is 13.2 Å². The summed E-state index contributed by atoms with van der Waals surface area (Å²) in [6, 6.07) is 8.28. The lowest BCUT2D eigenvalue weighted by atomic mass is 10.3. The highest BCUT2D eigenvalue weighted by molar-refractivity contribution is 7.89. The van der Waals surface area contributed by atoms with Crippen LogP contribution in [0.4, 0.5) is 5.82 Å². The van der Waals surface area contributed by atoms with Crippen molar-refractivity contribution in [3.8, 4) is 5.75 Å². The maximum absolute atomic E-state index is 13.0. The highest BCUT2D eigenvalue weighted by atomic mass is 32.2. The topological polar surface area (TPSA) is 91.4 Å². The molecule has 2 aromatic heterocycles. The molecule has 27 heavy (non-hydrogen) atoms. The van der Waals surface area contributed by atoms with Crippen LogP contribution in [0.5, 0.6) is 5.75 Å². The first-order chi connectivity index (χ1) is 13.0. The molecule has 1 atom stereocenters. The van der Waals surface area contributed by atoms with Crippen LogP contribution in [-0.2, 0) is 10.0 Å². The summed E-state index contributed by atoms with van der Waals surface area (Å²) in [7, 11) is -0.381. The lowest BCUT2D eigenvalue weighted by Crippen LogP contribution is -2.39. The van der Waals surface area contributed by atoms with Gasteiger partial charge < -0.3 is 14.6 Å². The number of benzene rings is 1. The van der Waals surface area contributed by atoms with Gasteiger partial charge in [0, 0.05) is 32.4 Å². The van der Waals surface area contributed by atoms with Gasteiger partial charge in [-0.2, -0.15) is 4.31 Å². The van der Waals surface area contributed by atoms with Gasteiger partial charge in [-0.15, -0.1) is 0 Å². The molecule has 3 aromatic rings. The molecule has 4 rings (SSSR count).